The zero-order chi connectivity index (χ0) is 17.1. The highest BCUT2D eigenvalue weighted by Crippen LogP contribution is 2.33. The van der Waals surface area contributed by atoms with Crippen LogP contribution in [0.1, 0.15) is 49.5 Å². The van der Waals surface area contributed by atoms with Gasteiger partial charge in [0.25, 0.3) is 0 Å². The molecule has 2 aliphatic heterocycles. The third-order valence-corrected chi connectivity index (χ3v) is 6.76. The van der Waals surface area contributed by atoms with Gasteiger partial charge in [0.15, 0.2) is 0 Å². The first-order chi connectivity index (χ1) is 12.3. The van der Waals surface area contributed by atoms with Crippen LogP contribution in [0.2, 0.25) is 0 Å². The maximum Gasteiger partial charge on any atom is 0.236 e. The Bertz CT molecular complexity index is 680. The first-order valence-corrected chi connectivity index (χ1v) is 10.5. The lowest BCUT2D eigenvalue weighted by Gasteiger charge is -2.32. The molecule has 0 spiro atoms. The van der Waals surface area contributed by atoms with Crippen LogP contribution in [0.4, 0.5) is 0 Å². The van der Waals surface area contributed by atoms with Crippen molar-refractivity contribution in [1.29, 1.82) is 0 Å². The molecule has 0 radical (unpaired) electrons. The summed E-state index contributed by atoms with van der Waals surface area (Å²) in [7, 11) is 0. The number of piperidine rings is 1. The minimum Gasteiger partial charge on any atom is -0.342 e. The molecule has 2 aromatic rings. The lowest BCUT2D eigenvalue weighted by molar-refractivity contribution is -0.133. The van der Waals surface area contributed by atoms with E-state index < -0.39 is 0 Å². The van der Waals surface area contributed by atoms with Gasteiger partial charge in [-0.25, -0.2) is 4.98 Å². The molecular weight excluding hydrogens is 330 g/mol. The van der Waals surface area contributed by atoms with Crippen molar-refractivity contribution >= 4 is 27.5 Å². The van der Waals surface area contributed by atoms with Crippen LogP contribution in [0.15, 0.2) is 24.3 Å². The SMILES string of the molecule is O=C(CN1CCCCCC1)N1CCC(c2nc3ccccc3s2)CC1. The van der Waals surface area contributed by atoms with Gasteiger partial charge in [-0.3, -0.25) is 9.69 Å². The second-order valence-electron chi connectivity index (χ2n) is 7.37. The zero-order valence-electron chi connectivity index (χ0n) is 14.8. The molecule has 0 bridgehead atoms. The smallest absolute Gasteiger partial charge is 0.236 e. The molecule has 2 aliphatic rings. The Labute approximate surface area is 153 Å². The summed E-state index contributed by atoms with van der Waals surface area (Å²) in [6, 6.07) is 8.37. The van der Waals surface area contributed by atoms with E-state index in [0.29, 0.717) is 18.4 Å². The molecule has 3 heterocycles. The summed E-state index contributed by atoms with van der Waals surface area (Å²) >= 11 is 1.82. The number of nitrogens with zero attached hydrogens (tertiary/aromatic N) is 3. The van der Waals surface area contributed by atoms with Crippen molar-refractivity contribution in [2.75, 3.05) is 32.7 Å². The molecule has 4 rings (SSSR count). The van der Waals surface area contributed by atoms with E-state index in [1.807, 2.05) is 11.3 Å². The Kier molecular flexibility index (Phi) is 5.32. The number of thiazole rings is 1. The summed E-state index contributed by atoms with van der Waals surface area (Å²) in [5, 5.41) is 1.25. The molecule has 2 saturated heterocycles. The number of amides is 1. The van der Waals surface area contributed by atoms with Gasteiger partial charge in [0.05, 0.1) is 21.8 Å². The van der Waals surface area contributed by atoms with E-state index >= 15 is 0 Å². The van der Waals surface area contributed by atoms with Crippen LogP contribution in [0, 0.1) is 0 Å². The predicted molar refractivity (Wildman–Crippen MR) is 103 cm³/mol. The van der Waals surface area contributed by atoms with Crippen molar-refractivity contribution in [2.45, 2.75) is 44.4 Å². The number of benzene rings is 1. The van der Waals surface area contributed by atoms with Gasteiger partial charge in [-0.1, -0.05) is 25.0 Å². The van der Waals surface area contributed by atoms with Crippen LogP contribution < -0.4 is 0 Å². The largest absolute Gasteiger partial charge is 0.342 e. The molecule has 1 aromatic heterocycles. The van der Waals surface area contributed by atoms with Gasteiger partial charge in [0, 0.05) is 19.0 Å². The van der Waals surface area contributed by atoms with Gasteiger partial charge in [-0.2, -0.15) is 0 Å². The lowest BCUT2D eigenvalue weighted by atomic mass is 9.97. The van der Waals surface area contributed by atoms with Gasteiger partial charge in [0.2, 0.25) is 5.91 Å². The molecule has 25 heavy (non-hydrogen) atoms. The summed E-state index contributed by atoms with van der Waals surface area (Å²) in [6.45, 7) is 4.56. The Morgan fingerprint density at radius 3 is 2.48 bits per heavy atom. The zero-order valence-corrected chi connectivity index (χ0v) is 15.6. The Morgan fingerprint density at radius 2 is 1.76 bits per heavy atom. The topological polar surface area (TPSA) is 36.4 Å². The number of carbonyl (C=O) groups is 1. The van der Waals surface area contributed by atoms with E-state index in [1.54, 1.807) is 0 Å². The van der Waals surface area contributed by atoms with Crippen molar-refractivity contribution in [2.24, 2.45) is 0 Å². The Hall–Kier alpha value is -1.46. The fraction of sp³-hybridized carbons (Fsp3) is 0.600. The second-order valence-corrected chi connectivity index (χ2v) is 8.43. The summed E-state index contributed by atoms with van der Waals surface area (Å²) in [5.41, 5.74) is 1.11. The lowest BCUT2D eigenvalue weighted by Crippen LogP contribution is -2.44. The normalized spacial score (nSPS) is 20.7. The fourth-order valence-electron chi connectivity index (χ4n) is 4.03. The highest BCUT2D eigenvalue weighted by molar-refractivity contribution is 7.18. The average Bonchev–Trinajstić information content (AvgIpc) is 2.92. The summed E-state index contributed by atoms with van der Waals surface area (Å²) in [4.78, 5) is 21.9. The number of hydrogen-bond acceptors (Lipinski definition) is 4. The summed E-state index contributed by atoms with van der Waals surface area (Å²) in [5.74, 6) is 0.837. The van der Waals surface area contributed by atoms with Crippen molar-refractivity contribution in [3.05, 3.63) is 29.3 Å². The number of rotatable bonds is 3. The van der Waals surface area contributed by atoms with Crippen molar-refractivity contribution in [3.63, 3.8) is 0 Å². The first kappa shape index (κ1) is 17.0. The van der Waals surface area contributed by atoms with Gasteiger partial charge >= 0.3 is 0 Å². The molecule has 1 aromatic carbocycles. The van der Waals surface area contributed by atoms with Crippen molar-refractivity contribution in [3.8, 4) is 0 Å². The van der Waals surface area contributed by atoms with Crippen LogP contribution in [0.3, 0.4) is 0 Å². The van der Waals surface area contributed by atoms with E-state index in [1.165, 1.54) is 35.4 Å². The second kappa shape index (κ2) is 7.83. The number of carbonyl (C=O) groups excluding carboxylic acids is 1. The molecular formula is C20H27N3OS. The van der Waals surface area contributed by atoms with Gasteiger partial charge in [0.1, 0.15) is 0 Å². The maximum absolute atomic E-state index is 12.6. The summed E-state index contributed by atoms with van der Waals surface area (Å²) < 4.78 is 1.28. The van der Waals surface area contributed by atoms with E-state index in [4.69, 9.17) is 4.98 Å². The van der Waals surface area contributed by atoms with Crippen molar-refractivity contribution < 1.29 is 4.79 Å². The molecule has 0 atom stereocenters. The fourth-order valence-corrected chi connectivity index (χ4v) is 5.16. The summed E-state index contributed by atoms with van der Waals surface area (Å²) in [6.07, 6.45) is 7.22. The third kappa shape index (κ3) is 4.04. The molecule has 0 saturated carbocycles. The molecule has 134 valence electrons. The maximum atomic E-state index is 12.6. The monoisotopic (exact) mass is 357 g/mol. The Morgan fingerprint density at radius 1 is 1.04 bits per heavy atom. The molecule has 2 fully saturated rings. The predicted octanol–water partition coefficient (Wildman–Crippen LogP) is 3.88. The minimum absolute atomic E-state index is 0.324. The van der Waals surface area contributed by atoms with E-state index in [-0.39, 0.29) is 0 Å². The molecule has 0 unspecified atom stereocenters. The highest BCUT2D eigenvalue weighted by atomic mass is 32.1. The molecule has 4 nitrogen and oxygen atoms in total. The van der Waals surface area contributed by atoms with Gasteiger partial charge in [-0.15, -0.1) is 11.3 Å². The number of para-hydroxylation sites is 1. The highest BCUT2D eigenvalue weighted by Gasteiger charge is 2.26. The van der Waals surface area contributed by atoms with Crippen LogP contribution in [-0.2, 0) is 4.79 Å². The number of fused-ring (bicyclic) bond motifs is 1. The average molecular weight is 358 g/mol. The van der Waals surface area contributed by atoms with Gasteiger partial charge < -0.3 is 4.90 Å². The van der Waals surface area contributed by atoms with Crippen LogP contribution >= 0.6 is 11.3 Å². The molecule has 1 amide bonds. The van der Waals surface area contributed by atoms with Crippen LogP contribution in [-0.4, -0.2) is 53.4 Å². The quantitative estimate of drug-likeness (QED) is 0.836. The van der Waals surface area contributed by atoms with Crippen LogP contribution in [0.5, 0.6) is 0 Å². The molecule has 0 aliphatic carbocycles. The number of likely N-dealkylation sites (tertiary alicyclic amines) is 2. The number of hydrogen-bond donors (Lipinski definition) is 0. The van der Waals surface area contributed by atoms with E-state index in [9.17, 15) is 4.79 Å². The third-order valence-electron chi connectivity index (χ3n) is 5.56. The van der Waals surface area contributed by atoms with Gasteiger partial charge in [-0.05, 0) is 50.9 Å². The molecule has 5 heteroatoms. The number of aromatic nitrogens is 1. The standard InChI is InChI=1S/C20H27N3OS/c24-19(15-22-11-5-1-2-6-12-22)23-13-9-16(10-14-23)20-21-17-7-3-4-8-18(17)25-20/h3-4,7-8,16H,1-2,5-6,9-15H2. The molecule has 0 N–H and O–H groups in total. The van der Waals surface area contributed by atoms with Crippen molar-refractivity contribution in [1.82, 2.24) is 14.8 Å². The first-order valence-electron chi connectivity index (χ1n) is 9.65. The van der Waals surface area contributed by atoms with E-state index in [0.717, 1.165) is 44.5 Å². The van der Waals surface area contributed by atoms with Crippen LogP contribution in [0.25, 0.3) is 10.2 Å². The van der Waals surface area contributed by atoms with E-state index in [2.05, 4.69) is 34.1 Å². The minimum atomic E-state index is 0.324. The Balaban J connectivity index is 1.32.